The van der Waals surface area contributed by atoms with Crippen molar-refractivity contribution in [2.24, 2.45) is 0 Å². The zero-order valence-corrected chi connectivity index (χ0v) is 8.91. The summed E-state index contributed by atoms with van der Waals surface area (Å²) in [5, 5.41) is 0. The number of aromatic amines is 1. The molecule has 5 heteroatoms. The Kier molecular flexibility index (Phi) is 2.73. The first-order valence-electron chi connectivity index (χ1n) is 4.36. The molecule has 0 aliphatic carbocycles. The maximum Gasteiger partial charge on any atom is 0.197 e. The van der Waals surface area contributed by atoms with Crippen molar-refractivity contribution in [1.82, 2.24) is 15.0 Å². The third-order valence-electron chi connectivity index (χ3n) is 1.92. The first kappa shape index (κ1) is 9.79. The molecule has 0 saturated heterocycles. The minimum atomic E-state index is 0.431. The van der Waals surface area contributed by atoms with Crippen LogP contribution in [-0.4, -0.2) is 22.1 Å². The fourth-order valence-corrected chi connectivity index (χ4v) is 1.44. The van der Waals surface area contributed by atoms with Crippen molar-refractivity contribution in [3.63, 3.8) is 0 Å². The third kappa shape index (κ3) is 2.02. The summed E-state index contributed by atoms with van der Waals surface area (Å²) in [5.41, 5.74) is 1.53. The van der Waals surface area contributed by atoms with E-state index in [1.807, 2.05) is 12.1 Å². The second kappa shape index (κ2) is 4.18. The number of nitrogens with zero attached hydrogens (tertiary/aromatic N) is 2. The van der Waals surface area contributed by atoms with E-state index in [9.17, 15) is 0 Å². The maximum atomic E-state index is 5.20. The minimum absolute atomic E-state index is 0.431. The van der Waals surface area contributed by atoms with Gasteiger partial charge in [-0.25, -0.2) is 4.98 Å². The van der Waals surface area contributed by atoms with E-state index in [-0.39, 0.29) is 0 Å². The Hall–Kier alpha value is -1.75. The van der Waals surface area contributed by atoms with Crippen molar-refractivity contribution in [3.05, 3.63) is 35.4 Å². The number of ether oxygens (including phenoxy) is 1. The third-order valence-corrected chi connectivity index (χ3v) is 2.13. The van der Waals surface area contributed by atoms with Crippen LogP contribution in [0, 0.1) is 4.77 Å². The number of aromatic nitrogens is 3. The maximum absolute atomic E-state index is 5.20. The average Bonchev–Trinajstić information content (AvgIpc) is 2.29. The highest BCUT2D eigenvalue weighted by Crippen LogP contribution is 2.24. The van der Waals surface area contributed by atoms with Crippen LogP contribution in [0.25, 0.3) is 11.4 Å². The molecule has 0 aliphatic rings. The summed E-state index contributed by atoms with van der Waals surface area (Å²) in [7, 11) is 1.61. The summed E-state index contributed by atoms with van der Waals surface area (Å²) >= 11 is 4.94. The number of methoxy groups -OCH3 is 1. The van der Waals surface area contributed by atoms with Crippen LogP contribution in [0.5, 0.6) is 5.75 Å². The number of nitrogens with one attached hydrogen (secondary N) is 1. The predicted octanol–water partition coefficient (Wildman–Crippen LogP) is 2.21. The molecule has 0 aliphatic heterocycles. The smallest absolute Gasteiger partial charge is 0.197 e. The first-order valence-corrected chi connectivity index (χ1v) is 4.77. The molecular formula is C10H9N3OS. The average molecular weight is 219 g/mol. The summed E-state index contributed by atoms with van der Waals surface area (Å²) in [4.78, 5) is 11.1. The Bertz CT molecular complexity index is 524. The summed E-state index contributed by atoms with van der Waals surface area (Å²) in [5.74, 6) is 0.703. The zero-order chi connectivity index (χ0) is 10.7. The molecule has 2 aromatic heterocycles. The number of pyridine rings is 1. The van der Waals surface area contributed by atoms with Crippen LogP contribution in [0.4, 0.5) is 0 Å². The first-order chi connectivity index (χ1) is 7.31. The normalized spacial score (nSPS) is 9.93. The van der Waals surface area contributed by atoms with Gasteiger partial charge in [0.15, 0.2) is 4.77 Å². The van der Waals surface area contributed by atoms with Crippen LogP contribution in [0.3, 0.4) is 0 Å². The summed E-state index contributed by atoms with van der Waals surface area (Å²) in [6.07, 6.45) is 3.34. The van der Waals surface area contributed by atoms with Gasteiger partial charge >= 0.3 is 0 Å². The van der Waals surface area contributed by atoms with E-state index in [0.717, 1.165) is 11.4 Å². The van der Waals surface area contributed by atoms with Crippen molar-refractivity contribution in [1.29, 1.82) is 0 Å². The molecule has 2 aromatic rings. The lowest BCUT2D eigenvalue weighted by atomic mass is 10.2. The molecule has 2 heterocycles. The number of H-pyrrole nitrogens is 1. The van der Waals surface area contributed by atoms with Crippen molar-refractivity contribution in [3.8, 4) is 17.1 Å². The van der Waals surface area contributed by atoms with Crippen LogP contribution < -0.4 is 4.74 Å². The SMILES string of the molecule is COc1cccnc1-c1ccnc(=S)[nH]1. The largest absolute Gasteiger partial charge is 0.494 e. The lowest BCUT2D eigenvalue weighted by molar-refractivity contribution is 0.414. The van der Waals surface area contributed by atoms with Gasteiger partial charge in [0, 0.05) is 12.4 Å². The van der Waals surface area contributed by atoms with Gasteiger partial charge in [-0.1, -0.05) is 0 Å². The molecular weight excluding hydrogens is 210 g/mol. The van der Waals surface area contributed by atoms with E-state index in [1.165, 1.54) is 0 Å². The topological polar surface area (TPSA) is 50.8 Å². The Morgan fingerprint density at radius 2 is 2.13 bits per heavy atom. The van der Waals surface area contributed by atoms with Gasteiger partial charge in [0.2, 0.25) is 0 Å². The number of hydrogen-bond donors (Lipinski definition) is 1. The molecule has 15 heavy (non-hydrogen) atoms. The molecule has 0 bridgehead atoms. The molecule has 0 saturated carbocycles. The van der Waals surface area contributed by atoms with Gasteiger partial charge in [0.25, 0.3) is 0 Å². The van der Waals surface area contributed by atoms with E-state index in [0.29, 0.717) is 10.5 Å². The number of hydrogen-bond acceptors (Lipinski definition) is 4. The molecule has 0 unspecified atom stereocenters. The van der Waals surface area contributed by atoms with Crippen LogP contribution >= 0.6 is 12.2 Å². The fraction of sp³-hybridized carbons (Fsp3) is 0.100. The second-order valence-corrected chi connectivity index (χ2v) is 3.23. The Labute approximate surface area is 92.0 Å². The fourth-order valence-electron chi connectivity index (χ4n) is 1.26. The van der Waals surface area contributed by atoms with Crippen LogP contribution in [0.15, 0.2) is 30.6 Å². The zero-order valence-electron chi connectivity index (χ0n) is 8.10. The molecule has 0 radical (unpaired) electrons. The van der Waals surface area contributed by atoms with Gasteiger partial charge < -0.3 is 9.72 Å². The lowest BCUT2D eigenvalue weighted by Gasteiger charge is -2.06. The van der Waals surface area contributed by atoms with Gasteiger partial charge in [-0.15, -0.1) is 0 Å². The van der Waals surface area contributed by atoms with E-state index in [2.05, 4.69) is 15.0 Å². The van der Waals surface area contributed by atoms with Gasteiger partial charge in [-0.05, 0) is 30.4 Å². The van der Waals surface area contributed by atoms with Gasteiger partial charge in [-0.2, -0.15) is 0 Å². The standard InChI is InChI=1S/C10H9N3OS/c1-14-8-3-2-5-11-9(8)7-4-6-12-10(15)13-7/h2-6H,1H3,(H,12,13,15). The Balaban J connectivity index is 2.58. The van der Waals surface area contributed by atoms with E-state index >= 15 is 0 Å². The summed E-state index contributed by atoms with van der Waals surface area (Å²) in [6, 6.07) is 5.47. The quantitative estimate of drug-likeness (QED) is 0.787. The van der Waals surface area contributed by atoms with E-state index in [1.54, 1.807) is 25.6 Å². The molecule has 2 rings (SSSR count). The highest BCUT2D eigenvalue weighted by atomic mass is 32.1. The van der Waals surface area contributed by atoms with Crippen molar-refractivity contribution < 1.29 is 4.74 Å². The minimum Gasteiger partial charge on any atom is -0.494 e. The van der Waals surface area contributed by atoms with Gasteiger partial charge in [-0.3, -0.25) is 4.98 Å². The monoisotopic (exact) mass is 219 g/mol. The van der Waals surface area contributed by atoms with E-state index < -0.39 is 0 Å². The summed E-state index contributed by atoms with van der Waals surface area (Å²) < 4.78 is 5.63. The number of rotatable bonds is 2. The van der Waals surface area contributed by atoms with Crippen molar-refractivity contribution >= 4 is 12.2 Å². The molecule has 0 aromatic carbocycles. The van der Waals surface area contributed by atoms with Crippen molar-refractivity contribution in [2.75, 3.05) is 7.11 Å². The molecule has 0 spiro atoms. The molecule has 0 atom stereocenters. The van der Waals surface area contributed by atoms with Crippen molar-refractivity contribution in [2.45, 2.75) is 0 Å². The highest BCUT2D eigenvalue weighted by Gasteiger charge is 2.05. The van der Waals surface area contributed by atoms with Gasteiger partial charge in [0.1, 0.15) is 11.4 Å². The van der Waals surface area contributed by atoms with Crippen LogP contribution in [0.2, 0.25) is 0 Å². The molecule has 4 nitrogen and oxygen atoms in total. The molecule has 0 amide bonds. The predicted molar refractivity (Wildman–Crippen MR) is 59.2 cm³/mol. The molecule has 0 fully saturated rings. The highest BCUT2D eigenvalue weighted by molar-refractivity contribution is 7.71. The second-order valence-electron chi connectivity index (χ2n) is 2.84. The van der Waals surface area contributed by atoms with E-state index in [4.69, 9.17) is 17.0 Å². The lowest BCUT2D eigenvalue weighted by Crippen LogP contribution is -1.93. The van der Waals surface area contributed by atoms with Crippen LogP contribution in [0.1, 0.15) is 0 Å². The molecule has 76 valence electrons. The Morgan fingerprint density at radius 1 is 1.27 bits per heavy atom. The molecule has 1 N–H and O–H groups in total. The Morgan fingerprint density at radius 3 is 2.87 bits per heavy atom. The van der Waals surface area contributed by atoms with Crippen LogP contribution in [-0.2, 0) is 0 Å². The summed E-state index contributed by atoms with van der Waals surface area (Å²) in [6.45, 7) is 0. The van der Waals surface area contributed by atoms with Gasteiger partial charge in [0.05, 0.1) is 12.8 Å².